The Morgan fingerprint density at radius 3 is 2.39 bits per heavy atom. The second-order valence-electron chi connectivity index (χ2n) is 6.72. The fourth-order valence-electron chi connectivity index (χ4n) is 3.34. The summed E-state index contributed by atoms with van der Waals surface area (Å²) in [5, 5.41) is 11.5. The topological polar surface area (TPSA) is 57.2 Å². The van der Waals surface area contributed by atoms with Gasteiger partial charge in [0.2, 0.25) is 5.95 Å². The van der Waals surface area contributed by atoms with Gasteiger partial charge in [0.15, 0.2) is 5.82 Å². The van der Waals surface area contributed by atoms with Crippen LogP contribution in [-0.4, -0.2) is 47.9 Å². The number of hydrogen-bond donors (Lipinski definition) is 1. The van der Waals surface area contributed by atoms with Crippen molar-refractivity contribution in [3.63, 3.8) is 0 Å². The molecule has 28 heavy (non-hydrogen) atoms. The highest BCUT2D eigenvalue weighted by Gasteiger charge is 2.19. The van der Waals surface area contributed by atoms with Crippen molar-refractivity contribution in [2.24, 2.45) is 0 Å². The number of rotatable bonds is 6. The lowest BCUT2D eigenvalue weighted by atomic mass is 10.1. The normalized spacial score (nSPS) is 14.2. The van der Waals surface area contributed by atoms with Crippen molar-refractivity contribution < 1.29 is 4.39 Å². The van der Waals surface area contributed by atoms with Gasteiger partial charge in [-0.15, -0.1) is 5.10 Å². The maximum atomic E-state index is 13.7. The van der Waals surface area contributed by atoms with Crippen LogP contribution in [0.3, 0.4) is 0 Å². The molecule has 0 bridgehead atoms. The van der Waals surface area contributed by atoms with Crippen LogP contribution in [0.25, 0.3) is 0 Å². The zero-order valence-corrected chi connectivity index (χ0v) is 15.6. The summed E-state index contributed by atoms with van der Waals surface area (Å²) in [7, 11) is 0. The number of aromatic nitrogens is 3. The van der Waals surface area contributed by atoms with Crippen molar-refractivity contribution in [2.45, 2.75) is 6.42 Å². The van der Waals surface area contributed by atoms with Crippen LogP contribution < -0.4 is 15.1 Å². The number of piperazine rings is 1. The fraction of sp³-hybridized carbons (Fsp3) is 0.286. The van der Waals surface area contributed by atoms with E-state index in [4.69, 9.17) is 0 Å². The maximum Gasteiger partial charge on any atom is 0.247 e. The molecule has 0 unspecified atom stereocenters. The van der Waals surface area contributed by atoms with Crippen molar-refractivity contribution in [1.82, 2.24) is 15.2 Å². The summed E-state index contributed by atoms with van der Waals surface area (Å²) in [5.41, 5.74) is 1.93. The highest BCUT2D eigenvalue weighted by molar-refractivity contribution is 5.48. The SMILES string of the molecule is Fc1ccccc1CCNc1cnnc(N2CCN(c3ccccc3)CC2)n1. The molecule has 0 aliphatic carbocycles. The van der Waals surface area contributed by atoms with E-state index in [0.717, 1.165) is 26.2 Å². The molecular formula is C21H23FN6. The molecule has 1 fully saturated rings. The molecule has 0 radical (unpaired) electrons. The number of para-hydroxylation sites is 1. The summed E-state index contributed by atoms with van der Waals surface area (Å²) < 4.78 is 13.7. The van der Waals surface area contributed by atoms with Gasteiger partial charge in [0.1, 0.15) is 5.82 Å². The minimum absolute atomic E-state index is 0.179. The lowest BCUT2D eigenvalue weighted by Gasteiger charge is -2.35. The lowest BCUT2D eigenvalue weighted by molar-refractivity contribution is 0.610. The minimum Gasteiger partial charge on any atom is -0.368 e. The minimum atomic E-state index is -0.179. The number of nitrogens with one attached hydrogen (secondary N) is 1. The molecule has 1 aromatic heterocycles. The summed E-state index contributed by atoms with van der Waals surface area (Å²) in [5.74, 6) is 1.11. The second kappa shape index (κ2) is 8.65. The molecular weight excluding hydrogens is 355 g/mol. The van der Waals surface area contributed by atoms with Gasteiger partial charge in [0.05, 0.1) is 6.20 Å². The molecule has 0 atom stereocenters. The van der Waals surface area contributed by atoms with E-state index < -0.39 is 0 Å². The first kappa shape index (κ1) is 18.2. The van der Waals surface area contributed by atoms with Crippen molar-refractivity contribution in [2.75, 3.05) is 47.8 Å². The Kier molecular flexibility index (Phi) is 5.61. The van der Waals surface area contributed by atoms with Crippen LogP contribution >= 0.6 is 0 Å². The largest absolute Gasteiger partial charge is 0.368 e. The standard InChI is InChI=1S/C21H23FN6/c22-19-9-5-4-6-17(19)10-11-23-20-16-24-26-21(25-20)28-14-12-27(13-15-28)18-7-2-1-3-8-18/h1-9,16H,10-15H2,(H,23,25,26). The van der Waals surface area contributed by atoms with Gasteiger partial charge < -0.3 is 15.1 Å². The van der Waals surface area contributed by atoms with Gasteiger partial charge in [-0.3, -0.25) is 0 Å². The van der Waals surface area contributed by atoms with Crippen LogP contribution in [0, 0.1) is 5.82 Å². The first-order valence-electron chi connectivity index (χ1n) is 9.51. The predicted octanol–water partition coefficient (Wildman–Crippen LogP) is 2.99. The monoisotopic (exact) mass is 378 g/mol. The van der Waals surface area contributed by atoms with Crippen molar-refractivity contribution in [1.29, 1.82) is 0 Å². The summed E-state index contributed by atoms with van der Waals surface area (Å²) in [6, 6.07) is 17.2. The molecule has 144 valence electrons. The average molecular weight is 378 g/mol. The van der Waals surface area contributed by atoms with Gasteiger partial charge in [-0.1, -0.05) is 36.4 Å². The molecule has 4 rings (SSSR count). The molecule has 7 heteroatoms. The third-order valence-electron chi connectivity index (χ3n) is 4.89. The maximum absolute atomic E-state index is 13.7. The van der Waals surface area contributed by atoms with Gasteiger partial charge in [-0.25, -0.2) is 4.39 Å². The van der Waals surface area contributed by atoms with Gasteiger partial charge >= 0.3 is 0 Å². The Morgan fingerprint density at radius 2 is 1.61 bits per heavy atom. The Balaban J connectivity index is 1.32. The molecule has 0 amide bonds. The number of hydrogen-bond acceptors (Lipinski definition) is 6. The Labute approximate surface area is 164 Å². The van der Waals surface area contributed by atoms with Gasteiger partial charge in [0, 0.05) is 38.4 Å². The zero-order chi connectivity index (χ0) is 19.2. The third kappa shape index (κ3) is 4.36. The molecule has 1 aliphatic rings. The molecule has 3 aromatic rings. The van der Waals surface area contributed by atoms with E-state index >= 15 is 0 Å². The van der Waals surface area contributed by atoms with Crippen molar-refractivity contribution >= 4 is 17.5 Å². The quantitative estimate of drug-likeness (QED) is 0.712. The number of benzene rings is 2. The van der Waals surface area contributed by atoms with Crippen LogP contribution in [0.1, 0.15) is 5.56 Å². The van der Waals surface area contributed by atoms with Crippen molar-refractivity contribution in [3.8, 4) is 0 Å². The van der Waals surface area contributed by atoms with E-state index in [1.807, 2.05) is 12.1 Å². The van der Waals surface area contributed by atoms with Crippen LogP contribution in [0.2, 0.25) is 0 Å². The van der Waals surface area contributed by atoms with E-state index in [0.29, 0.717) is 30.3 Å². The highest BCUT2D eigenvalue weighted by Crippen LogP contribution is 2.18. The molecule has 2 aromatic carbocycles. The molecule has 1 N–H and O–H groups in total. The molecule has 1 saturated heterocycles. The van der Waals surface area contributed by atoms with E-state index in [1.54, 1.807) is 18.3 Å². The van der Waals surface area contributed by atoms with Crippen LogP contribution in [0.4, 0.5) is 21.8 Å². The van der Waals surface area contributed by atoms with Crippen LogP contribution in [-0.2, 0) is 6.42 Å². The summed E-state index contributed by atoms with van der Waals surface area (Å²) >= 11 is 0. The lowest BCUT2D eigenvalue weighted by Crippen LogP contribution is -2.47. The molecule has 0 saturated carbocycles. The van der Waals surface area contributed by atoms with Crippen LogP contribution in [0.15, 0.2) is 60.8 Å². The highest BCUT2D eigenvalue weighted by atomic mass is 19.1. The average Bonchev–Trinajstić information content (AvgIpc) is 2.76. The molecule has 2 heterocycles. The Hall–Kier alpha value is -3.22. The third-order valence-corrected chi connectivity index (χ3v) is 4.89. The Morgan fingerprint density at radius 1 is 0.893 bits per heavy atom. The fourth-order valence-corrected chi connectivity index (χ4v) is 3.34. The number of anilines is 3. The van der Waals surface area contributed by atoms with E-state index in [9.17, 15) is 4.39 Å². The molecule has 1 aliphatic heterocycles. The first-order valence-corrected chi connectivity index (χ1v) is 9.51. The van der Waals surface area contributed by atoms with E-state index in [2.05, 4.69) is 54.6 Å². The summed E-state index contributed by atoms with van der Waals surface area (Å²) in [4.78, 5) is 9.09. The number of halogens is 1. The van der Waals surface area contributed by atoms with Gasteiger partial charge in [-0.2, -0.15) is 10.1 Å². The summed E-state index contributed by atoms with van der Waals surface area (Å²) in [6.45, 7) is 4.10. The van der Waals surface area contributed by atoms with Crippen LogP contribution in [0.5, 0.6) is 0 Å². The zero-order valence-electron chi connectivity index (χ0n) is 15.6. The molecule has 6 nitrogen and oxygen atoms in total. The number of nitrogens with zero attached hydrogens (tertiary/aromatic N) is 5. The first-order chi connectivity index (χ1) is 13.8. The van der Waals surface area contributed by atoms with Gasteiger partial charge in [-0.05, 0) is 30.2 Å². The van der Waals surface area contributed by atoms with Crippen molar-refractivity contribution in [3.05, 3.63) is 72.2 Å². The van der Waals surface area contributed by atoms with E-state index in [1.165, 1.54) is 11.8 Å². The second-order valence-corrected chi connectivity index (χ2v) is 6.72. The molecule has 0 spiro atoms. The summed E-state index contributed by atoms with van der Waals surface area (Å²) in [6.07, 6.45) is 2.19. The predicted molar refractivity (Wildman–Crippen MR) is 109 cm³/mol. The van der Waals surface area contributed by atoms with Gasteiger partial charge in [0.25, 0.3) is 0 Å². The Bertz CT molecular complexity index is 896. The smallest absolute Gasteiger partial charge is 0.247 e. The van der Waals surface area contributed by atoms with E-state index in [-0.39, 0.29) is 5.82 Å².